The van der Waals surface area contributed by atoms with Crippen molar-refractivity contribution in [1.29, 1.82) is 0 Å². The Morgan fingerprint density at radius 3 is 2.59 bits per heavy atom. The molecule has 3 atom stereocenters. The van der Waals surface area contributed by atoms with Crippen LogP contribution in [0.15, 0.2) is 89.7 Å². The van der Waals surface area contributed by atoms with Gasteiger partial charge in [-0.1, -0.05) is 64.5 Å². The van der Waals surface area contributed by atoms with Crippen molar-refractivity contribution in [2.75, 3.05) is 13.6 Å². The van der Waals surface area contributed by atoms with Crippen LogP contribution in [0.5, 0.6) is 0 Å². The molecule has 10 nitrogen and oxygen atoms in total. The number of H-pyrrole nitrogens is 1. The van der Waals surface area contributed by atoms with Gasteiger partial charge >= 0.3 is 0 Å². The summed E-state index contributed by atoms with van der Waals surface area (Å²) in [6.45, 7) is 0.294. The van der Waals surface area contributed by atoms with Crippen LogP contribution in [0.4, 0.5) is 0 Å². The number of halogens is 1. The van der Waals surface area contributed by atoms with Crippen LogP contribution in [0.25, 0.3) is 21.9 Å². The number of nitrogens with zero attached hydrogens (tertiary/aromatic N) is 4. The average Bonchev–Trinajstić information content (AvgIpc) is 3.64. The van der Waals surface area contributed by atoms with Crippen LogP contribution in [-0.2, 0) is 22.6 Å². The van der Waals surface area contributed by atoms with Crippen molar-refractivity contribution < 1.29 is 19.5 Å². The predicted molar refractivity (Wildman–Crippen MR) is 170 cm³/mol. The van der Waals surface area contributed by atoms with Crippen LogP contribution < -0.4 is 5.32 Å². The molecule has 1 saturated heterocycles. The van der Waals surface area contributed by atoms with Gasteiger partial charge < -0.3 is 25.2 Å². The van der Waals surface area contributed by atoms with Gasteiger partial charge in [0.15, 0.2) is 0 Å². The van der Waals surface area contributed by atoms with Gasteiger partial charge in [-0.25, -0.2) is 4.98 Å². The zero-order valence-electron chi connectivity index (χ0n) is 24.0. The van der Waals surface area contributed by atoms with E-state index < -0.39 is 30.0 Å². The summed E-state index contributed by atoms with van der Waals surface area (Å²) in [5.41, 5.74) is 4.00. The molecule has 5 aromatic rings. The number of rotatable bonds is 8. The van der Waals surface area contributed by atoms with E-state index in [0.717, 1.165) is 26.5 Å². The number of aromatic amines is 1. The molecule has 1 aliphatic rings. The summed E-state index contributed by atoms with van der Waals surface area (Å²) in [5.74, 6) is -1.31. The smallest absolute Gasteiger partial charge is 0.274 e. The second-order valence-electron chi connectivity index (χ2n) is 11.0. The molecule has 3 amide bonds. The molecule has 0 aliphatic carbocycles. The van der Waals surface area contributed by atoms with Crippen LogP contribution >= 0.6 is 15.9 Å². The van der Waals surface area contributed by atoms with E-state index in [2.05, 4.69) is 36.2 Å². The van der Waals surface area contributed by atoms with Gasteiger partial charge in [-0.3, -0.25) is 19.4 Å². The largest absolute Gasteiger partial charge is 0.391 e. The van der Waals surface area contributed by atoms with E-state index in [-0.39, 0.29) is 31.0 Å². The number of likely N-dealkylation sites (N-methyl/N-ethyl adjacent to an activating group) is 1. The number of nitrogens with one attached hydrogen (secondary N) is 2. The molecule has 11 heteroatoms. The summed E-state index contributed by atoms with van der Waals surface area (Å²) < 4.78 is 0.878. The Morgan fingerprint density at radius 2 is 1.77 bits per heavy atom. The summed E-state index contributed by atoms with van der Waals surface area (Å²) in [4.78, 5) is 56.3. The minimum absolute atomic E-state index is 0.0333. The van der Waals surface area contributed by atoms with Crippen molar-refractivity contribution in [1.82, 2.24) is 30.1 Å². The van der Waals surface area contributed by atoms with Crippen LogP contribution in [0.1, 0.15) is 28.0 Å². The number of hydrogen-bond acceptors (Lipinski definition) is 6. The number of carbonyl (C=O) groups is 3. The first kappa shape index (κ1) is 29.5. The number of para-hydroxylation sites is 3. The zero-order valence-corrected chi connectivity index (χ0v) is 25.6. The monoisotopic (exact) mass is 654 g/mol. The highest BCUT2D eigenvalue weighted by atomic mass is 79.9. The molecular weight excluding hydrogens is 624 g/mol. The lowest BCUT2D eigenvalue weighted by molar-refractivity contribution is -0.136. The summed E-state index contributed by atoms with van der Waals surface area (Å²) in [6.07, 6.45) is 2.60. The Balaban J connectivity index is 1.26. The maximum Gasteiger partial charge on any atom is 0.274 e. The maximum absolute atomic E-state index is 13.9. The molecule has 3 N–H and O–H groups in total. The van der Waals surface area contributed by atoms with Crippen LogP contribution in [-0.4, -0.2) is 79.4 Å². The van der Waals surface area contributed by atoms with E-state index in [1.54, 1.807) is 30.1 Å². The Kier molecular flexibility index (Phi) is 8.40. The number of likely N-dealkylation sites (tertiary alicyclic amines) is 1. The van der Waals surface area contributed by atoms with Crippen molar-refractivity contribution in [3.63, 3.8) is 0 Å². The standard InChI is InChI=1S/C33H31BrN6O4/c1-39(18-20-8-2-4-10-24(20)34)32(43)28(14-21-16-35-25-11-5-3-9-23(21)25)38-31(42)30-15-22(41)19-40(30)33(44)29-17-36-26-12-6-7-13-27(26)37-29/h2-13,16-17,22,28,30,35,41H,14-15,18-19H2,1H3,(H,38,42). The fraction of sp³-hybridized carbons (Fsp3) is 0.242. The van der Waals surface area contributed by atoms with Crippen molar-refractivity contribution >= 4 is 55.6 Å². The number of β-amino-alcohol motifs (C(OH)–C–C–N with tert-alkyl or cyclic N) is 1. The third-order valence-electron chi connectivity index (χ3n) is 7.97. The summed E-state index contributed by atoms with van der Waals surface area (Å²) in [7, 11) is 1.70. The van der Waals surface area contributed by atoms with Gasteiger partial charge in [0.25, 0.3) is 5.91 Å². The van der Waals surface area contributed by atoms with Crippen LogP contribution in [0.2, 0.25) is 0 Å². The molecule has 2 aromatic heterocycles. The van der Waals surface area contributed by atoms with Crippen LogP contribution in [0.3, 0.4) is 0 Å². The van der Waals surface area contributed by atoms with Crippen molar-refractivity contribution in [3.05, 3.63) is 106 Å². The van der Waals surface area contributed by atoms with E-state index in [1.807, 2.05) is 60.8 Å². The molecule has 44 heavy (non-hydrogen) atoms. The Labute approximate surface area is 262 Å². The highest BCUT2D eigenvalue weighted by Crippen LogP contribution is 2.24. The Bertz CT molecular complexity index is 1860. The summed E-state index contributed by atoms with van der Waals surface area (Å²) in [6, 6.07) is 20.7. The van der Waals surface area contributed by atoms with Gasteiger partial charge in [0.05, 0.1) is 23.3 Å². The Hall–Kier alpha value is -4.61. The zero-order chi connectivity index (χ0) is 30.8. The van der Waals surface area contributed by atoms with E-state index in [4.69, 9.17) is 0 Å². The first-order valence-corrected chi connectivity index (χ1v) is 15.1. The fourth-order valence-electron chi connectivity index (χ4n) is 5.71. The Morgan fingerprint density at radius 1 is 1.05 bits per heavy atom. The highest BCUT2D eigenvalue weighted by Gasteiger charge is 2.41. The summed E-state index contributed by atoms with van der Waals surface area (Å²) >= 11 is 3.55. The third kappa shape index (κ3) is 6.06. The predicted octanol–water partition coefficient (Wildman–Crippen LogP) is 3.84. The number of hydrogen-bond donors (Lipinski definition) is 3. The molecule has 0 spiro atoms. The van der Waals surface area contributed by atoms with E-state index in [1.165, 1.54) is 11.1 Å². The number of aromatic nitrogens is 3. The minimum Gasteiger partial charge on any atom is -0.391 e. The molecule has 3 heterocycles. The van der Waals surface area contributed by atoms with Crippen molar-refractivity contribution in [3.8, 4) is 0 Å². The average molecular weight is 656 g/mol. The molecule has 1 aliphatic heterocycles. The lowest BCUT2D eigenvalue weighted by Crippen LogP contribution is -2.54. The second-order valence-corrected chi connectivity index (χ2v) is 11.9. The SMILES string of the molecule is CN(Cc1ccccc1Br)C(=O)C(Cc1c[nH]c2ccccc12)NC(=O)C1CC(O)CN1C(=O)c1cnc2ccccc2n1. The number of benzene rings is 3. The number of amides is 3. The molecule has 3 unspecified atom stereocenters. The minimum atomic E-state index is -0.988. The van der Waals surface area contributed by atoms with Gasteiger partial charge in [0.1, 0.15) is 17.8 Å². The van der Waals surface area contributed by atoms with E-state index in [9.17, 15) is 19.5 Å². The highest BCUT2D eigenvalue weighted by molar-refractivity contribution is 9.10. The van der Waals surface area contributed by atoms with Crippen LogP contribution in [0, 0.1) is 0 Å². The van der Waals surface area contributed by atoms with E-state index >= 15 is 0 Å². The van der Waals surface area contributed by atoms with Gasteiger partial charge in [-0.15, -0.1) is 0 Å². The number of aliphatic hydroxyl groups excluding tert-OH is 1. The molecule has 1 fully saturated rings. The quantitative estimate of drug-likeness (QED) is 0.233. The third-order valence-corrected chi connectivity index (χ3v) is 8.74. The maximum atomic E-state index is 13.9. The molecule has 0 radical (unpaired) electrons. The van der Waals surface area contributed by atoms with Gasteiger partial charge in [-0.05, 0) is 35.4 Å². The molecule has 0 bridgehead atoms. The number of carbonyl (C=O) groups excluding carboxylic acids is 3. The molecule has 3 aromatic carbocycles. The lowest BCUT2D eigenvalue weighted by atomic mass is 10.0. The number of fused-ring (bicyclic) bond motifs is 2. The fourth-order valence-corrected chi connectivity index (χ4v) is 6.12. The van der Waals surface area contributed by atoms with Gasteiger partial charge in [0.2, 0.25) is 11.8 Å². The van der Waals surface area contributed by atoms with Crippen molar-refractivity contribution in [2.24, 2.45) is 0 Å². The topological polar surface area (TPSA) is 132 Å². The van der Waals surface area contributed by atoms with E-state index in [0.29, 0.717) is 17.6 Å². The summed E-state index contributed by atoms with van der Waals surface area (Å²) in [5, 5.41) is 14.4. The first-order valence-electron chi connectivity index (χ1n) is 14.3. The molecular formula is C33H31BrN6O4. The normalized spacial score (nSPS) is 17.1. The van der Waals surface area contributed by atoms with Gasteiger partial charge in [0, 0.05) is 54.6 Å². The second kappa shape index (κ2) is 12.6. The number of aliphatic hydroxyl groups is 1. The van der Waals surface area contributed by atoms with Gasteiger partial charge in [-0.2, -0.15) is 0 Å². The molecule has 6 rings (SSSR count). The molecule has 224 valence electrons. The van der Waals surface area contributed by atoms with Crippen molar-refractivity contribution in [2.45, 2.75) is 37.6 Å². The molecule has 0 saturated carbocycles. The lowest BCUT2D eigenvalue weighted by Gasteiger charge is -2.28. The first-order chi connectivity index (χ1) is 21.3.